The molecule has 1 N–H and O–H groups in total. The Morgan fingerprint density at radius 3 is 1.69 bits per heavy atom. The molecule has 0 heterocycles. The van der Waals surface area contributed by atoms with Crippen molar-refractivity contribution in [2.45, 2.75) is 110 Å². The molecular formula is C23H49N2O+. The molecule has 0 aliphatic carbocycles. The Balaban J connectivity index is 3.49. The highest BCUT2D eigenvalue weighted by Gasteiger charge is 2.14. The Morgan fingerprint density at radius 2 is 1.12 bits per heavy atom. The van der Waals surface area contributed by atoms with E-state index in [1.165, 1.54) is 83.6 Å². The first-order valence-corrected chi connectivity index (χ1v) is 11.6. The standard InChI is InChI=1S/C23H48N2O/c1-5-7-9-11-12-13-15-17-21-25(3,4)22-18-20-24-23(26)19-16-14-10-8-6-2/h5-22H2,1-4H3/p+1. The van der Waals surface area contributed by atoms with Crippen LogP contribution in [0.5, 0.6) is 0 Å². The first-order chi connectivity index (χ1) is 12.5. The molecule has 0 aromatic rings. The van der Waals surface area contributed by atoms with Gasteiger partial charge in [-0.15, -0.1) is 0 Å². The molecule has 0 spiro atoms. The number of hydrogen-bond acceptors (Lipinski definition) is 1. The lowest BCUT2D eigenvalue weighted by Crippen LogP contribution is -2.42. The summed E-state index contributed by atoms with van der Waals surface area (Å²) in [5, 5.41) is 3.10. The van der Waals surface area contributed by atoms with Crippen LogP contribution < -0.4 is 5.32 Å². The molecule has 0 atom stereocenters. The van der Waals surface area contributed by atoms with Crippen LogP contribution in [0.15, 0.2) is 0 Å². The van der Waals surface area contributed by atoms with Gasteiger partial charge in [0.15, 0.2) is 0 Å². The minimum atomic E-state index is 0.245. The fraction of sp³-hybridized carbons (Fsp3) is 0.957. The zero-order valence-corrected chi connectivity index (χ0v) is 18.6. The molecular weight excluding hydrogens is 320 g/mol. The maximum absolute atomic E-state index is 11.8. The highest BCUT2D eigenvalue weighted by atomic mass is 16.1. The van der Waals surface area contributed by atoms with E-state index in [9.17, 15) is 4.79 Å². The average Bonchev–Trinajstić information content (AvgIpc) is 2.61. The lowest BCUT2D eigenvalue weighted by Gasteiger charge is -2.30. The van der Waals surface area contributed by atoms with Gasteiger partial charge in [-0.2, -0.15) is 0 Å². The number of rotatable bonds is 19. The minimum absolute atomic E-state index is 0.245. The third-order valence-electron chi connectivity index (χ3n) is 5.39. The molecule has 0 saturated heterocycles. The molecule has 0 rings (SSSR count). The zero-order chi connectivity index (χ0) is 19.5. The van der Waals surface area contributed by atoms with Gasteiger partial charge in [0, 0.05) is 19.4 Å². The number of unbranched alkanes of at least 4 members (excludes halogenated alkanes) is 11. The molecule has 0 aliphatic rings. The lowest BCUT2D eigenvalue weighted by molar-refractivity contribution is -0.890. The van der Waals surface area contributed by atoms with Crippen molar-refractivity contribution in [3.05, 3.63) is 0 Å². The second kappa shape index (κ2) is 17.8. The second-order valence-electron chi connectivity index (χ2n) is 8.73. The lowest BCUT2D eigenvalue weighted by atomic mass is 10.1. The molecule has 0 saturated carbocycles. The van der Waals surface area contributed by atoms with Crippen LogP contribution in [0, 0.1) is 0 Å². The summed E-state index contributed by atoms with van der Waals surface area (Å²) in [4.78, 5) is 11.8. The van der Waals surface area contributed by atoms with E-state index in [-0.39, 0.29) is 5.91 Å². The average molecular weight is 370 g/mol. The van der Waals surface area contributed by atoms with Crippen LogP contribution >= 0.6 is 0 Å². The summed E-state index contributed by atoms with van der Waals surface area (Å²) in [7, 11) is 4.66. The maximum atomic E-state index is 11.8. The summed E-state index contributed by atoms with van der Waals surface area (Å²) in [6, 6.07) is 0. The van der Waals surface area contributed by atoms with Crippen LogP contribution in [0.25, 0.3) is 0 Å². The van der Waals surface area contributed by atoms with Crippen LogP contribution in [0.2, 0.25) is 0 Å². The summed E-state index contributed by atoms with van der Waals surface area (Å²) in [5.74, 6) is 0.245. The monoisotopic (exact) mass is 369 g/mol. The highest BCUT2D eigenvalue weighted by Crippen LogP contribution is 2.10. The Kier molecular flexibility index (Phi) is 17.4. The van der Waals surface area contributed by atoms with E-state index in [4.69, 9.17) is 0 Å². The van der Waals surface area contributed by atoms with Crippen molar-refractivity contribution in [3.8, 4) is 0 Å². The molecule has 26 heavy (non-hydrogen) atoms. The van der Waals surface area contributed by atoms with Gasteiger partial charge in [-0.05, 0) is 19.3 Å². The number of quaternary nitrogens is 1. The van der Waals surface area contributed by atoms with Gasteiger partial charge in [-0.25, -0.2) is 0 Å². The molecule has 0 aromatic heterocycles. The van der Waals surface area contributed by atoms with Crippen LogP contribution in [-0.2, 0) is 4.79 Å². The van der Waals surface area contributed by atoms with Crippen LogP contribution in [-0.4, -0.2) is 44.1 Å². The summed E-state index contributed by atoms with van der Waals surface area (Å²) in [6.45, 7) is 7.77. The molecule has 0 fully saturated rings. The Morgan fingerprint density at radius 1 is 0.654 bits per heavy atom. The highest BCUT2D eigenvalue weighted by molar-refractivity contribution is 5.75. The van der Waals surface area contributed by atoms with Crippen LogP contribution in [0.4, 0.5) is 0 Å². The van der Waals surface area contributed by atoms with E-state index in [1.54, 1.807) is 0 Å². The quantitative estimate of drug-likeness (QED) is 0.217. The number of carbonyl (C=O) groups is 1. The third-order valence-corrected chi connectivity index (χ3v) is 5.39. The number of nitrogens with one attached hydrogen (secondary N) is 1. The van der Waals surface area contributed by atoms with Gasteiger partial charge in [-0.3, -0.25) is 4.79 Å². The van der Waals surface area contributed by atoms with E-state index in [0.717, 1.165) is 30.4 Å². The fourth-order valence-electron chi connectivity index (χ4n) is 3.50. The largest absolute Gasteiger partial charge is 0.356 e. The van der Waals surface area contributed by atoms with Gasteiger partial charge in [0.1, 0.15) is 0 Å². The predicted octanol–water partition coefficient (Wildman–Crippen LogP) is 6.07. The van der Waals surface area contributed by atoms with E-state index in [2.05, 4.69) is 33.3 Å². The van der Waals surface area contributed by atoms with Gasteiger partial charge >= 0.3 is 0 Å². The van der Waals surface area contributed by atoms with Crippen LogP contribution in [0.3, 0.4) is 0 Å². The van der Waals surface area contributed by atoms with Gasteiger partial charge in [0.2, 0.25) is 5.91 Å². The molecule has 0 aromatic carbocycles. The molecule has 1 amide bonds. The van der Waals surface area contributed by atoms with Crippen molar-refractivity contribution in [1.82, 2.24) is 5.32 Å². The Hall–Kier alpha value is -0.570. The van der Waals surface area contributed by atoms with Gasteiger partial charge < -0.3 is 9.80 Å². The smallest absolute Gasteiger partial charge is 0.219 e. The molecule has 0 aliphatic heterocycles. The van der Waals surface area contributed by atoms with Crippen molar-refractivity contribution in [3.63, 3.8) is 0 Å². The second-order valence-corrected chi connectivity index (χ2v) is 8.73. The normalized spacial score (nSPS) is 11.7. The maximum Gasteiger partial charge on any atom is 0.219 e. The summed E-state index contributed by atoms with van der Waals surface area (Å²) < 4.78 is 1.09. The van der Waals surface area contributed by atoms with E-state index >= 15 is 0 Å². The summed E-state index contributed by atoms with van der Waals surface area (Å²) in [6.07, 6.45) is 19.0. The fourth-order valence-corrected chi connectivity index (χ4v) is 3.50. The van der Waals surface area contributed by atoms with Crippen molar-refractivity contribution in [2.24, 2.45) is 0 Å². The number of hydrogen-bond donors (Lipinski definition) is 1. The minimum Gasteiger partial charge on any atom is -0.356 e. The topological polar surface area (TPSA) is 29.1 Å². The summed E-state index contributed by atoms with van der Waals surface area (Å²) >= 11 is 0. The van der Waals surface area contributed by atoms with Gasteiger partial charge in [0.05, 0.1) is 27.2 Å². The third kappa shape index (κ3) is 18.2. The van der Waals surface area contributed by atoms with Crippen molar-refractivity contribution < 1.29 is 9.28 Å². The first kappa shape index (κ1) is 25.4. The molecule has 156 valence electrons. The molecule has 0 unspecified atom stereocenters. The van der Waals surface area contributed by atoms with Crippen LogP contribution in [0.1, 0.15) is 110 Å². The van der Waals surface area contributed by atoms with Gasteiger partial charge in [-0.1, -0.05) is 78.1 Å². The SMILES string of the molecule is CCCCCCCCCC[N+](C)(C)CCCNC(=O)CCCCCCC. The number of nitrogens with zero attached hydrogens (tertiary/aromatic N) is 1. The van der Waals surface area contributed by atoms with Gasteiger partial charge in [0.25, 0.3) is 0 Å². The number of carbonyl (C=O) groups excluding carboxylic acids is 1. The molecule has 0 bridgehead atoms. The molecule has 3 heteroatoms. The predicted molar refractivity (Wildman–Crippen MR) is 115 cm³/mol. The molecule has 0 radical (unpaired) electrons. The van der Waals surface area contributed by atoms with E-state index < -0.39 is 0 Å². The van der Waals surface area contributed by atoms with Crippen molar-refractivity contribution >= 4 is 5.91 Å². The van der Waals surface area contributed by atoms with Crippen molar-refractivity contribution in [1.29, 1.82) is 0 Å². The van der Waals surface area contributed by atoms with Crippen molar-refractivity contribution in [2.75, 3.05) is 33.7 Å². The summed E-state index contributed by atoms with van der Waals surface area (Å²) in [5.41, 5.74) is 0. The zero-order valence-electron chi connectivity index (χ0n) is 18.6. The van der Waals surface area contributed by atoms with E-state index in [1.807, 2.05) is 0 Å². The Labute approximate surface area is 164 Å². The number of amides is 1. The molecule has 3 nitrogen and oxygen atoms in total. The first-order valence-electron chi connectivity index (χ1n) is 11.6. The Bertz CT molecular complexity index is 315. The van der Waals surface area contributed by atoms with E-state index in [0.29, 0.717) is 6.42 Å².